The van der Waals surface area contributed by atoms with Crippen LogP contribution in [-0.4, -0.2) is 66.6 Å². The lowest BCUT2D eigenvalue weighted by Gasteiger charge is -2.39. The van der Waals surface area contributed by atoms with Gasteiger partial charge in [0, 0.05) is 50.8 Å². The summed E-state index contributed by atoms with van der Waals surface area (Å²) in [6.45, 7) is 4.31. The molecule has 10 heteroatoms. The molecule has 0 saturated carbocycles. The van der Waals surface area contributed by atoms with E-state index in [0.29, 0.717) is 63.3 Å². The molecule has 2 fully saturated rings. The standard InChI is InChI=1S/C20H23F3N4O3/c1-13-16(19(30-18(13)29)3-6-24-7-4-19)17(28)27-10-8-26(9-11-27)15-12-14(2-5-25-15)20(21,22)23/h2,5,12,24H,3-4,6-11H2,1H3. The van der Waals surface area contributed by atoms with Gasteiger partial charge in [0.15, 0.2) is 0 Å². The zero-order valence-electron chi connectivity index (χ0n) is 16.6. The largest absolute Gasteiger partial charge is 0.450 e. The predicted octanol–water partition coefficient (Wildman–Crippen LogP) is 1.74. The Hall–Kier alpha value is -2.62. The maximum atomic E-state index is 13.3. The van der Waals surface area contributed by atoms with Gasteiger partial charge in [-0.25, -0.2) is 9.78 Å². The fraction of sp³-hybridized carbons (Fsp3) is 0.550. The van der Waals surface area contributed by atoms with E-state index in [0.717, 1.165) is 18.3 Å². The lowest BCUT2D eigenvalue weighted by molar-refractivity contribution is -0.149. The molecule has 0 bridgehead atoms. The van der Waals surface area contributed by atoms with Crippen molar-refractivity contribution in [3.05, 3.63) is 35.0 Å². The average molecular weight is 424 g/mol. The van der Waals surface area contributed by atoms with Crippen molar-refractivity contribution in [2.75, 3.05) is 44.2 Å². The van der Waals surface area contributed by atoms with Crippen molar-refractivity contribution in [1.29, 1.82) is 0 Å². The van der Waals surface area contributed by atoms with Gasteiger partial charge in [-0.1, -0.05) is 0 Å². The first-order valence-corrected chi connectivity index (χ1v) is 9.94. The summed E-state index contributed by atoms with van der Waals surface area (Å²) < 4.78 is 44.5. The third kappa shape index (κ3) is 3.64. The highest BCUT2D eigenvalue weighted by Crippen LogP contribution is 2.40. The minimum absolute atomic E-state index is 0.225. The molecule has 1 N–H and O–H groups in total. The summed E-state index contributed by atoms with van der Waals surface area (Å²) in [6, 6.07) is 1.96. The van der Waals surface area contributed by atoms with Gasteiger partial charge in [-0.05, 0) is 32.1 Å². The lowest BCUT2D eigenvalue weighted by atomic mass is 9.83. The second-order valence-corrected chi connectivity index (χ2v) is 7.81. The first-order chi connectivity index (χ1) is 14.2. The third-order valence-electron chi connectivity index (χ3n) is 6.01. The number of hydrogen-bond acceptors (Lipinski definition) is 6. The lowest BCUT2D eigenvalue weighted by Crippen LogP contribution is -2.53. The molecule has 30 heavy (non-hydrogen) atoms. The highest BCUT2D eigenvalue weighted by molar-refractivity contribution is 6.07. The second kappa shape index (κ2) is 7.57. The van der Waals surface area contributed by atoms with Crippen molar-refractivity contribution in [3.8, 4) is 0 Å². The van der Waals surface area contributed by atoms with Crippen molar-refractivity contribution in [1.82, 2.24) is 15.2 Å². The van der Waals surface area contributed by atoms with Crippen molar-refractivity contribution in [2.24, 2.45) is 0 Å². The van der Waals surface area contributed by atoms with Crippen LogP contribution in [0.25, 0.3) is 0 Å². The summed E-state index contributed by atoms with van der Waals surface area (Å²) in [5.74, 6) is -0.439. The molecule has 162 valence electrons. The molecule has 1 spiro atoms. The number of esters is 1. The molecule has 1 aromatic rings. The van der Waals surface area contributed by atoms with Gasteiger partial charge in [0.25, 0.3) is 5.91 Å². The van der Waals surface area contributed by atoms with Crippen LogP contribution in [0.2, 0.25) is 0 Å². The number of piperidine rings is 1. The van der Waals surface area contributed by atoms with Gasteiger partial charge >= 0.3 is 12.1 Å². The zero-order valence-corrected chi connectivity index (χ0v) is 16.6. The quantitative estimate of drug-likeness (QED) is 0.730. The van der Waals surface area contributed by atoms with Crippen LogP contribution >= 0.6 is 0 Å². The first kappa shape index (κ1) is 20.6. The SMILES string of the molecule is CC1=C(C(=O)N2CCN(c3cc(C(F)(F)F)ccn3)CC2)C2(CCNCC2)OC1=O. The van der Waals surface area contributed by atoms with Crippen LogP contribution in [0.1, 0.15) is 25.3 Å². The van der Waals surface area contributed by atoms with E-state index in [2.05, 4.69) is 10.3 Å². The number of hydrogen-bond donors (Lipinski definition) is 1. The number of anilines is 1. The maximum absolute atomic E-state index is 13.3. The molecule has 7 nitrogen and oxygen atoms in total. The van der Waals surface area contributed by atoms with Crippen LogP contribution in [0.3, 0.4) is 0 Å². The van der Waals surface area contributed by atoms with Gasteiger partial charge < -0.3 is 19.9 Å². The summed E-state index contributed by atoms with van der Waals surface area (Å²) in [7, 11) is 0. The van der Waals surface area contributed by atoms with Gasteiger partial charge in [0.2, 0.25) is 0 Å². The molecule has 0 aromatic carbocycles. The van der Waals surface area contributed by atoms with E-state index < -0.39 is 23.3 Å². The van der Waals surface area contributed by atoms with E-state index in [1.807, 2.05) is 0 Å². The van der Waals surface area contributed by atoms with E-state index >= 15 is 0 Å². The van der Waals surface area contributed by atoms with E-state index in [1.165, 1.54) is 0 Å². The Morgan fingerprint density at radius 3 is 2.50 bits per heavy atom. The van der Waals surface area contributed by atoms with E-state index in [9.17, 15) is 22.8 Å². The van der Waals surface area contributed by atoms with E-state index in [4.69, 9.17) is 4.74 Å². The minimum Gasteiger partial charge on any atom is -0.450 e. The van der Waals surface area contributed by atoms with Gasteiger partial charge in [-0.3, -0.25) is 4.79 Å². The summed E-state index contributed by atoms with van der Waals surface area (Å²) in [6.07, 6.45) is -2.19. The minimum atomic E-state index is -4.43. The Labute approximate surface area is 171 Å². The normalized spacial score (nSPS) is 21.9. The molecule has 3 aliphatic heterocycles. The van der Waals surface area contributed by atoms with E-state index in [-0.39, 0.29) is 11.7 Å². The highest BCUT2D eigenvalue weighted by Gasteiger charge is 2.50. The number of carbonyl (C=O) groups excluding carboxylic acids is 2. The molecule has 1 aromatic heterocycles. The molecule has 4 rings (SSSR count). The van der Waals surface area contributed by atoms with Crippen molar-refractivity contribution in [3.63, 3.8) is 0 Å². The fourth-order valence-corrected chi connectivity index (χ4v) is 4.35. The van der Waals surface area contributed by atoms with Crippen LogP contribution in [0.15, 0.2) is 29.5 Å². The molecule has 0 radical (unpaired) electrons. The molecular weight excluding hydrogens is 401 g/mol. The van der Waals surface area contributed by atoms with Crippen LogP contribution in [0.4, 0.5) is 19.0 Å². The molecule has 0 aliphatic carbocycles. The number of aromatic nitrogens is 1. The Bertz CT molecular complexity index is 886. The Balaban J connectivity index is 1.48. The van der Waals surface area contributed by atoms with Crippen molar-refractivity contribution < 1.29 is 27.5 Å². The summed E-state index contributed by atoms with van der Waals surface area (Å²) in [5, 5.41) is 3.21. The Kier molecular flexibility index (Phi) is 5.21. The molecule has 2 saturated heterocycles. The molecule has 0 atom stereocenters. The van der Waals surface area contributed by atoms with Gasteiger partial charge in [0.1, 0.15) is 11.4 Å². The monoisotopic (exact) mass is 424 g/mol. The topological polar surface area (TPSA) is 74.8 Å². The van der Waals surface area contributed by atoms with Crippen LogP contribution in [0.5, 0.6) is 0 Å². The number of ether oxygens (including phenoxy) is 1. The molecule has 3 aliphatic rings. The number of carbonyl (C=O) groups is 2. The maximum Gasteiger partial charge on any atom is 0.416 e. The average Bonchev–Trinajstić information content (AvgIpc) is 2.97. The molecular formula is C20H23F3N4O3. The highest BCUT2D eigenvalue weighted by atomic mass is 19.4. The number of nitrogens with zero attached hydrogens (tertiary/aromatic N) is 3. The smallest absolute Gasteiger partial charge is 0.416 e. The number of pyridine rings is 1. The molecule has 1 amide bonds. The number of amides is 1. The van der Waals surface area contributed by atoms with Crippen molar-refractivity contribution >= 4 is 17.7 Å². The van der Waals surface area contributed by atoms with Gasteiger partial charge in [0.05, 0.1) is 11.1 Å². The van der Waals surface area contributed by atoms with Crippen LogP contribution in [0, 0.1) is 0 Å². The second-order valence-electron chi connectivity index (χ2n) is 7.81. The fourth-order valence-electron chi connectivity index (χ4n) is 4.35. The Morgan fingerprint density at radius 1 is 1.20 bits per heavy atom. The number of rotatable bonds is 2. The molecule has 0 unspecified atom stereocenters. The number of alkyl halides is 3. The summed E-state index contributed by atoms with van der Waals surface area (Å²) >= 11 is 0. The molecule has 4 heterocycles. The van der Waals surface area contributed by atoms with Crippen LogP contribution < -0.4 is 10.2 Å². The van der Waals surface area contributed by atoms with Crippen molar-refractivity contribution in [2.45, 2.75) is 31.5 Å². The predicted molar refractivity (Wildman–Crippen MR) is 102 cm³/mol. The summed E-state index contributed by atoms with van der Waals surface area (Å²) in [4.78, 5) is 32.9. The van der Waals surface area contributed by atoms with Gasteiger partial charge in [-0.15, -0.1) is 0 Å². The van der Waals surface area contributed by atoms with Gasteiger partial charge in [-0.2, -0.15) is 13.2 Å². The number of piperazine rings is 1. The number of halogens is 3. The Morgan fingerprint density at radius 2 is 1.87 bits per heavy atom. The zero-order chi connectivity index (χ0) is 21.5. The van der Waals surface area contributed by atoms with Crippen LogP contribution in [-0.2, 0) is 20.5 Å². The van der Waals surface area contributed by atoms with E-state index in [1.54, 1.807) is 16.7 Å². The summed E-state index contributed by atoms with van der Waals surface area (Å²) in [5.41, 5.74) is -0.840. The first-order valence-electron chi connectivity index (χ1n) is 9.94. The third-order valence-corrected chi connectivity index (χ3v) is 6.01. The number of nitrogens with one attached hydrogen (secondary N) is 1.